The van der Waals surface area contributed by atoms with Crippen molar-refractivity contribution in [2.45, 2.75) is 18.3 Å². The molecule has 0 saturated carbocycles. The molecule has 2 bridgehead atoms. The molecule has 0 spiro atoms. The fourth-order valence-electron chi connectivity index (χ4n) is 4.88. The Morgan fingerprint density at radius 1 is 0.600 bits per heavy atom. The summed E-state index contributed by atoms with van der Waals surface area (Å²) in [6, 6.07) is 26.0. The lowest BCUT2D eigenvalue weighted by atomic mass is 9.62. The highest BCUT2D eigenvalue weighted by Crippen LogP contribution is 2.52. The lowest BCUT2D eigenvalue weighted by Crippen LogP contribution is -2.32. The van der Waals surface area contributed by atoms with Gasteiger partial charge in [-0.1, -0.05) is 60.7 Å². The number of ketones is 1. The molecular formula is C24H16O. The van der Waals surface area contributed by atoms with E-state index in [1.165, 1.54) is 43.8 Å². The molecule has 4 aromatic rings. The van der Waals surface area contributed by atoms with E-state index in [0.29, 0.717) is 12.2 Å². The smallest absolute Gasteiger partial charge is 0.145 e. The van der Waals surface area contributed by atoms with Crippen LogP contribution in [-0.2, 0) is 4.79 Å². The molecule has 0 unspecified atom stereocenters. The highest BCUT2D eigenvalue weighted by atomic mass is 16.1. The maximum absolute atomic E-state index is 12.9. The van der Waals surface area contributed by atoms with Gasteiger partial charge in [-0.3, -0.25) is 4.79 Å². The van der Waals surface area contributed by atoms with Crippen molar-refractivity contribution in [3.8, 4) is 0 Å². The Labute approximate surface area is 145 Å². The quantitative estimate of drug-likeness (QED) is 0.415. The second kappa shape index (κ2) is 4.58. The molecule has 0 N–H and O–H groups in total. The van der Waals surface area contributed by atoms with Gasteiger partial charge in [0.15, 0.2) is 0 Å². The summed E-state index contributed by atoms with van der Waals surface area (Å²) >= 11 is 0. The van der Waals surface area contributed by atoms with E-state index in [2.05, 4.69) is 72.8 Å². The van der Waals surface area contributed by atoms with E-state index in [0.717, 1.165) is 0 Å². The molecule has 0 atom stereocenters. The highest BCUT2D eigenvalue weighted by molar-refractivity contribution is 6.00. The number of hydrogen-bond acceptors (Lipinski definition) is 1. The molecular weight excluding hydrogens is 304 g/mol. The summed E-state index contributed by atoms with van der Waals surface area (Å²) in [5.74, 6) is 0.483. The molecule has 0 heterocycles. The van der Waals surface area contributed by atoms with Gasteiger partial charge in [0.1, 0.15) is 5.78 Å². The Hall–Kier alpha value is -2.93. The predicted molar refractivity (Wildman–Crippen MR) is 101 cm³/mol. The van der Waals surface area contributed by atoms with Crippen molar-refractivity contribution < 1.29 is 4.79 Å². The van der Waals surface area contributed by atoms with Crippen LogP contribution in [0.2, 0.25) is 0 Å². The van der Waals surface area contributed by atoms with Gasteiger partial charge >= 0.3 is 0 Å². The molecule has 1 heteroatoms. The van der Waals surface area contributed by atoms with Gasteiger partial charge in [-0.25, -0.2) is 0 Å². The summed E-state index contributed by atoms with van der Waals surface area (Å²) in [5, 5.41) is 4.99. The summed E-state index contributed by atoms with van der Waals surface area (Å²) in [4.78, 5) is 12.9. The van der Waals surface area contributed by atoms with Gasteiger partial charge in [-0.15, -0.1) is 0 Å². The number of benzene rings is 4. The first kappa shape index (κ1) is 13.4. The molecule has 0 aliphatic heterocycles. The zero-order valence-electron chi connectivity index (χ0n) is 13.7. The summed E-state index contributed by atoms with van der Waals surface area (Å²) < 4.78 is 0. The summed E-state index contributed by atoms with van der Waals surface area (Å²) in [6.45, 7) is 0. The molecule has 3 aliphatic carbocycles. The Morgan fingerprint density at radius 3 is 1.44 bits per heavy atom. The maximum Gasteiger partial charge on any atom is 0.145 e. The molecule has 0 amide bonds. The second-order valence-corrected chi connectivity index (χ2v) is 7.31. The first-order chi connectivity index (χ1) is 12.3. The van der Waals surface area contributed by atoms with E-state index in [-0.39, 0.29) is 11.8 Å². The molecule has 0 radical (unpaired) electrons. The van der Waals surface area contributed by atoms with Crippen LogP contribution >= 0.6 is 0 Å². The van der Waals surface area contributed by atoms with Crippen molar-refractivity contribution in [2.75, 3.05) is 0 Å². The highest BCUT2D eigenvalue weighted by Gasteiger charge is 2.42. The first-order valence-electron chi connectivity index (χ1n) is 8.87. The minimum Gasteiger partial charge on any atom is -0.299 e. The minimum atomic E-state index is -0.0933. The van der Waals surface area contributed by atoms with Crippen LogP contribution in [0.5, 0.6) is 0 Å². The fraction of sp³-hybridized carbons (Fsp3) is 0.125. The zero-order chi connectivity index (χ0) is 16.5. The molecule has 4 aromatic carbocycles. The van der Waals surface area contributed by atoms with E-state index in [4.69, 9.17) is 0 Å². The number of fused-ring (bicyclic) bond motifs is 3. The fourth-order valence-corrected chi connectivity index (χ4v) is 4.88. The molecule has 1 nitrogen and oxygen atoms in total. The van der Waals surface area contributed by atoms with Gasteiger partial charge in [0.25, 0.3) is 0 Å². The lowest BCUT2D eigenvalue weighted by Gasteiger charge is -2.39. The first-order valence-corrected chi connectivity index (χ1v) is 8.87. The predicted octanol–water partition coefficient (Wildman–Crippen LogP) is 5.54. The van der Waals surface area contributed by atoms with Gasteiger partial charge < -0.3 is 0 Å². The summed E-state index contributed by atoms with van der Waals surface area (Å²) in [5.41, 5.74) is 5.16. The largest absolute Gasteiger partial charge is 0.299 e. The van der Waals surface area contributed by atoms with Crippen LogP contribution in [0.15, 0.2) is 72.8 Å². The van der Waals surface area contributed by atoms with E-state index in [9.17, 15) is 4.79 Å². The van der Waals surface area contributed by atoms with Gasteiger partial charge in [-0.05, 0) is 55.9 Å². The Bertz CT molecular complexity index is 1110. The Kier molecular flexibility index (Phi) is 2.45. The van der Waals surface area contributed by atoms with Crippen LogP contribution in [0.3, 0.4) is 0 Å². The molecule has 7 rings (SSSR count). The number of carbonyl (C=O) groups is 1. The van der Waals surface area contributed by atoms with Crippen LogP contribution in [0.1, 0.15) is 40.5 Å². The monoisotopic (exact) mass is 320 g/mol. The van der Waals surface area contributed by atoms with Crippen molar-refractivity contribution >= 4 is 27.3 Å². The third-order valence-corrected chi connectivity index (χ3v) is 6.00. The third-order valence-electron chi connectivity index (χ3n) is 6.00. The average Bonchev–Trinajstić information content (AvgIpc) is 2.65. The van der Waals surface area contributed by atoms with E-state index in [1.807, 2.05) is 0 Å². The molecule has 0 saturated heterocycles. The minimum absolute atomic E-state index is 0.0933. The van der Waals surface area contributed by atoms with Crippen molar-refractivity contribution in [2.24, 2.45) is 0 Å². The number of rotatable bonds is 0. The van der Waals surface area contributed by atoms with Crippen LogP contribution in [0.25, 0.3) is 21.5 Å². The average molecular weight is 320 g/mol. The van der Waals surface area contributed by atoms with Gasteiger partial charge in [0.2, 0.25) is 0 Å². The molecule has 3 aliphatic rings. The van der Waals surface area contributed by atoms with E-state index in [1.54, 1.807) is 0 Å². The SMILES string of the molecule is O=C1CC2c3cc4ccccc4cc3C1c1cc3ccccc3cc12. The molecule has 0 aromatic heterocycles. The van der Waals surface area contributed by atoms with Gasteiger partial charge in [0, 0.05) is 12.3 Å². The van der Waals surface area contributed by atoms with Crippen molar-refractivity contribution in [3.05, 3.63) is 95.1 Å². The van der Waals surface area contributed by atoms with E-state index < -0.39 is 0 Å². The van der Waals surface area contributed by atoms with Gasteiger partial charge in [-0.2, -0.15) is 0 Å². The third kappa shape index (κ3) is 1.70. The van der Waals surface area contributed by atoms with Crippen molar-refractivity contribution in [1.29, 1.82) is 0 Å². The van der Waals surface area contributed by atoms with Crippen molar-refractivity contribution in [1.82, 2.24) is 0 Å². The van der Waals surface area contributed by atoms with E-state index >= 15 is 0 Å². The van der Waals surface area contributed by atoms with Crippen molar-refractivity contribution in [3.63, 3.8) is 0 Å². The molecule has 118 valence electrons. The lowest BCUT2D eigenvalue weighted by molar-refractivity contribution is -0.120. The van der Waals surface area contributed by atoms with Gasteiger partial charge in [0.05, 0.1) is 5.92 Å². The van der Waals surface area contributed by atoms with Crippen LogP contribution in [-0.4, -0.2) is 5.78 Å². The maximum atomic E-state index is 12.9. The standard InChI is InChI=1S/C24H16O/c25-23-13-20-18-9-14-5-1-3-7-16(14)11-21(18)24(23)22-12-17-8-4-2-6-15(17)10-19(20)22/h1-12,20,24H,13H2. The number of carbonyl (C=O) groups excluding carboxylic acids is 1. The normalized spacial score (nSPS) is 20.7. The number of hydrogen-bond donors (Lipinski definition) is 0. The van der Waals surface area contributed by atoms with Crippen LogP contribution < -0.4 is 0 Å². The second-order valence-electron chi connectivity index (χ2n) is 7.31. The Morgan fingerprint density at radius 2 is 1.00 bits per heavy atom. The zero-order valence-corrected chi connectivity index (χ0v) is 13.7. The van der Waals surface area contributed by atoms with Crippen LogP contribution in [0.4, 0.5) is 0 Å². The Balaban J connectivity index is 1.70. The summed E-state index contributed by atoms with van der Waals surface area (Å²) in [6.07, 6.45) is 0.640. The topological polar surface area (TPSA) is 17.1 Å². The summed E-state index contributed by atoms with van der Waals surface area (Å²) in [7, 11) is 0. The molecule has 0 fully saturated rings. The number of Topliss-reactive ketones (excluding diaryl/α,β-unsaturated/α-hetero) is 1. The van der Waals surface area contributed by atoms with Crippen LogP contribution in [0, 0.1) is 0 Å². The molecule has 25 heavy (non-hydrogen) atoms.